The number of benzene rings is 3. The number of hydrogen-bond donors (Lipinski definition) is 1. The van der Waals surface area contributed by atoms with Crippen molar-refractivity contribution in [3.63, 3.8) is 0 Å². The van der Waals surface area contributed by atoms with Crippen molar-refractivity contribution >= 4 is 39.1 Å². The Labute approximate surface area is 205 Å². The lowest BCUT2D eigenvalue weighted by molar-refractivity contribution is -0.114. The minimum atomic E-state index is -4.07. The lowest BCUT2D eigenvalue weighted by Crippen LogP contribution is -2.38. The van der Waals surface area contributed by atoms with Crippen LogP contribution >= 0.6 is 11.8 Å². The average molecular weight is 501 g/mol. The molecule has 34 heavy (non-hydrogen) atoms. The Bertz CT molecular complexity index is 1210. The Hall–Kier alpha value is -3.17. The first-order chi connectivity index (χ1) is 16.4. The summed E-state index contributed by atoms with van der Waals surface area (Å²) in [6.45, 7) is 4.09. The third kappa shape index (κ3) is 6.24. The first-order valence-corrected chi connectivity index (χ1v) is 13.5. The van der Waals surface area contributed by atoms with Crippen molar-refractivity contribution in [3.8, 4) is 11.5 Å². The molecule has 180 valence electrons. The minimum Gasteiger partial charge on any atom is -0.494 e. The molecular weight excluding hydrogens is 472 g/mol. The zero-order chi connectivity index (χ0) is 24.6. The molecule has 0 aliphatic carbocycles. The van der Waals surface area contributed by atoms with Gasteiger partial charge in [0.25, 0.3) is 10.0 Å². The number of carbonyl (C=O) groups excluding carboxylic acids is 1. The highest BCUT2D eigenvalue weighted by Crippen LogP contribution is 2.33. The van der Waals surface area contributed by atoms with Crippen LogP contribution in [-0.4, -0.2) is 40.3 Å². The molecule has 7 nitrogen and oxygen atoms in total. The van der Waals surface area contributed by atoms with E-state index in [4.69, 9.17) is 9.47 Å². The molecule has 1 N–H and O–H groups in total. The van der Waals surface area contributed by atoms with Gasteiger partial charge >= 0.3 is 0 Å². The quantitative estimate of drug-likeness (QED) is 0.371. The van der Waals surface area contributed by atoms with Crippen LogP contribution in [0.1, 0.15) is 13.8 Å². The second kappa shape index (κ2) is 11.8. The summed E-state index contributed by atoms with van der Waals surface area (Å²) >= 11 is 1.52. The molecular formula is C25H28N2O5S2. The average Bonchev–Trinajstić information content (AvgIpc) is 2.84. The zero-order valence-corrected chi connectivity index (χ0v) is 21.0. The molecule has 3 aromatic rings. The molecule has 0 fully saturated rings. The van der Waals surface area contributed by atoms with Crippen LogP contribution in [0.5, 0.6) is 11.5 Å². The summed E-state index contributed by atoms with van der Waals surface area (Å²) in [6, 6.07) is 20.3. The van der Waals surface area contributed by atoms with Crippen molar-refractivity contribution in [2.75, 3.05) is 35.6 Å². The summed E-state index contributed by atoms with van der Waals surface area (Å²) < 4.78 is 39.6. The molecule has 0 saturated heterocycles. The molecule has 0 bridgehead atoms. The number of sulfonamides is 1. The molecule has 0 heterocycles. The molecule has 1 amide bonds. The number of thioether (sulfide) groups is 1. The smallest absolute Gasteiger partial charge is 0.264 e. The van der Waals surface area contributed by atoms with E-state index in [0.29, 0.717) is 30.4 Å². The van der Waals surface area contributed by atoms with Crippen molar-refractivity contribution in [2.24, 2.45) is 0 Å². The van der Waals surface area contributed by atoms with Crippen molar-refractivity contribution in [2.45, 2.75) is 23.6 Å². The standard InChI is InChI=1S/C25H28N2O5S2/c1-4-31-20-10-8-9-19(17-20)26-25(28)18-27(23-11-6-7-12-24(23)32-5-2)34(29,30)22-15-13-21(33-3)14-16-22/h6-17H,4-5,18H2,1-3H3,(H,26,28). The maximum Gasteiger partial charge on any atom is 0.264 e. The van der Waals surface area contributed by atoms with E-state index in [-0.39, 0.29) is 10.6 Å². The van der Waals surface area contributed by atoms with E-state index in [0.717, 1.165) is 9.20 Å². The number of anilines is 2. The first-order valence-electron chi connectivity index (χ1n) is 10.8. The number of hydrogen-bond acceptors (Lipinski definition) is 6. The number of rotatable bonds is 11. The number of nitrogens with one attached hydrogen (secondary N) is 1. The largest absolute Gasteiger partial charge is 0.494 e. The van der Waals surface area contributed by atoms with Gasteiger partial charge in [-0.2, -0.15) is 0 Å². The van der Waals surface area contributed by atoms with Gasteiger partial charge in [0.05, 0.1) is 23.8 Å². The zero-order valence-electron chi connectivity index (χ0n) is 19.4. The molecule has 3 rings (SSSR count). The first kappa shape index (κ1) is 25.5. The predicted octanol–water partition coefficient (Wildman–Crippen LogP) is 5.04. The van der Waals surface area contributed by atoms with Crippen LogP contribution in [0.3, 0.4) is 0 Å². The van der Waals surface area contributed by atoms with Crippen LogP contribution < -0.4 is 19.1 Å². The Morgan fingerprint density at radius 1 is 0.941 bits per heavy atom. The van der Waals surface area contributed by atoms with Gasteiger partial charge in [-0.3, -0.25) is 9.10 Å². The van der Waals surface area contributed by atoms with Gasteiger partial charge in [0, 0.05) is 16.6 Å². The molecule has 0 aliphatic heterocycles. The van der Waals surface area contributed by atoms with Gasteiger partial charge in [-0.15, -0.1) is 11.8 Å². The molecule has 9 heteroatoms. The third-order valence-corrected chi connectivity index (χ3v) is 7.31. The number of nitrogens with zero attached hydrogens (tertiary/aromatic N) is 1. The van der Waals surface area contributed by atoms with Crippen molar-refractivity contribution in [3.05, 3.63) is 72.8 Å². The highest BCUT2D eigenvalue weighted by atomic mass is 32.2. The Morgan fingerprint density at radius 3 is 2.32 bits per heavy atom. The maximum absolute atomic E-state index is 13.7. The molecule has 0 aromatic heterocycles. The van der Waals surface area contributed by atoms with Crippen molar-refractivity contribution in [1.82, 2.24) is 0 Å². The number of carbonyl (C=O) groups is 1. The van der Waals surface area contributed by atoms with Gasteiger partial charge in [0.15, 0.2) is 0 Å². The van der Waals surface area contributed by atoms with Gasteiger partial charge in [0.2, 0.25) is 5.91 Å². The van der Waals surface area contributed by atoms with E-state index >= 15 is 0 Å². The molecule has 0 radical (unpaired) electrons. The van der Waals surface area contributed by atoms with Gasteiger partial charge in [0.1, 0.15) is 18.0 Å². The number of ether oxygens (including phenoxy) is 2. The lowest BCUT2D eigenvalue weighted by Gasteiger charge is -2.26. The van der Waals surface area contributed by atoms with Crippen LogP contribution in [-0.2, 0) is 14.8 Å². The van der Waals surface area contributed by atoms with Crippen LogP contribution in [0.25, 0.3) is 0 Å². The molecule has 0 saturated carbocycles. The van der Waals surface area contributed by atoms with Gasteiger partial charge in [-0.25, -0.2) is 8.42 Å². The summed E-state index contributed by atoms with van der Waals surface area (Å²) in [5.41, 5.74) is 0.798. The van der Waals surface area contributed by atoms with Crippen LogP contribution in [0.15, 0.2) is 82.6 Å². The van der Waals surface area contributed by atoms with Crippen molar-refractivity contribution < 1.29 is 22.7 Å². The van der Waals surface area contributed by atoms with E-state index in [1.54, 1.807) is 72.8 Å². The molecule has 0 atom stereocenters. The summed E-state index contributed by atoms with van der Waals surface area (Å²) in [5.74, 6) is 0.491. The van der Waals surface area contributed by atoms with Crippen LogP contribution in [0.2, 0.25) is 0 Å². The molecule has 0 unspecified atom stereocenters. The summed E-state index contributed by atoms with van der Waals surface area (Å²) in [6.07, 6.45) is 1.92. The normalized spacial score (nSPS) is 11.0. The minimum absolute atomic E-state index is 0.0859. The third-order valence-electron chi connectivity index (χ3n) is 4.80. The van der Waals surface area contributed by atoms with Gasteiger partial charge in [-0.05, 0) is 68.6 Å². The Morgan fingerprint density at radius 2 is 1.65 bits per heavy atom. The topological polar surface area (TPSA) is 84.9 Å². The highest BCUT2D eigenvalue weighted by molar-refractivity contribution is 7.98. The molecule has 0 aliphatic rings. The van der Waals surface area contributed by atoms with E-state index in [9.17, 15) is 13.2 Å². The second-order valence-corrected chi connectivity index (χ2v) is 9.84. The van der Waals surface area contributed by atoms with E-state index in [1.165, 1.54) is 11.8 Å². The predicted molar refractivity (Wildman–Crippen MR) is 137 cm³/mol. The maximum atomic E-state index is 13.7. The van der Waals surface area contributed by atoms with Gasteiger partial charge in [-0.1, -0.05) is 18.2 Å². The fourth-order valence-electron chi connectivity index (χ4n) is 3.28. The van der Waals surface area contributed by atoms with E-state index < -0.39 is 22.5 Å². The number of amides is 1. The molecule has 0 spiro atoms. The fourth-order valence-corrected chi connectivity index (χ4v) is 5.12. The van der Waals surface area contributed by atoms with E-state index in [1.807, 2.05) is 20.1 Å². The summed E-state index contributed by atoms with van der Waals surface area (Å²) in [5, 5.41) is 2.77. The monoisotopic (exact) mass is 500 g/mol. The molecule has 3 aromatic carbocycles. The summed E-state index contributed by atoms with van der Waals surface area (Å²) in [7, 11) is -4.07. The number of para-hydroxylation sites is 2. The van der Waals surface area contributed by atoms with Crippen LogP contribution in [0.4, 0.5) is 11.4 Å². The lowest BCUT2D eigenvalue weighted by atomic mass is 10.3. The van der Waals surface area contributed by atoms with E-state index in [2.05, 4.69) is 5.32 Å². The highest BCUT2D eigenvalue weighted by Gasteiger charge is 2.29. The van der Waals surface area contributed by atoms with Gasteiger partial charge < -0.3 is 14.8 Å². The second-order valence-electron chi connectivity index (χ2n) is 7.10. The fraction of sp³-hybridized carbons (Fsp3) is 0.240. The summed E-state index contributed by atoms with van der Waals surface area (Å²) in [4.78, 5) is 14.0. The SMILES string of the molecule is CCOc1cccc(NC(=O)CN(c2ccccc2OCC)S(=O)(=O)c2ccc(SC)cc2)c1. The van der Waals surface area contributed by atoms with Crippen molar-refractivity contribution in [1.29, 1.82) is 0 Å². The van der Waals surface area contributed by atoms with Crippen LogP contribution in [0, 0.1) is 0 Å². The Kier molecular flexibility index (Phi) is 8.84. The Balaban J connectivity index is 1.96.